The molecule has 0 fully saturated rings. The van der Waals surface area contributed by atoms with Crippen molar-refractivity contribution in [1.29, 1.82) is 0 Å². The molecule has 0 aromatic heterocycles. The minimum absolute atomic E-state index is 0. The van der Waals surface area contributed by atoms with Crippen LogP contribution in [0.4, 0.5) is 0 Å². The summed E-state index contributed by atoms with van der Waals surface area (Å²) in [6.45, 7) is 2.24. The Hall–Kier alpha value is 2.49. The van der Waals surface area contributed by atoms with E-state index >= 15 is 0 Å². The SMILES string of the molecule is CCCCCCCCCCCCOS(=O)(=O)[O-].O=[Si]([O-])[O-].[Na+].[Na+].[Na+]. The summed E-state index contributed by atoms with van der Waals surface area (Å²) in [7, 11) is -8.11. The molecular weight excluding hydrogens is 385 g/mol. The maximum atomic E-state index is 10.1. The van der Waals surface area contributed by atoms with Crippen molar-refractivity contribution in [3.05, 3.63) is 0 Å². The first-order valence-electron chi connectivity index (χ1n) is 7.27. The predicted octanol–water partition coefficient (Wildman–Crippen LogP) is -8.48. The normalized spacial score (nSPS) is 9.42. The molecule has 0 amide bonds. The van der Waals surface area contributed by atoms with Gasteiger partial charge in [-0.15, -0.1) is 0 Å². The topological polar surface area (TPSA) is 130 Å². The molecule has 0 radical (unpaired) electrons. The number of hydrogen-bond acceptors (Lipinski definition) is 7. The van der Waals surface area contributed by atoms with E-state index in [-0.39, 0.29) is 95.3 Å². The van der Waals surface area contributed by atoms with Crippen LogP contribution in [0.2, 0.25) is 0 Å². The predicted molar refractivity (Wildman–Crippen MR) is 73.9 cm³/mol. The molecule has 0 saturated heterocycles. The molecule has 24 heavy (non-hydrogen) atoms. The number of hydrogen-bond donors (Lipinski definition) is 0. The van der Waals surface area contributed by atoms with E-state index in [1.54, 1.807) is 0 Å². The molecule has 0 aliphatic carbocycles. The Morgan fingerprint density at radius 2 is 1.08 bits per heavy atom. The van der Waals surface area contributed by atoms with Gasteiger partial charge < -0.3 is 18.6 Å². The zero-order chi connectivity index (χ0) is 16.6. The van der Waals surface area contributed by atoms with Crippen molar-refractivity contribution < 1.29 is 120 Å². The fraction of sp³-hybridized carbons (Fsp3) is 1.00. The molecule has 0 saturated carbocycles. The van der Waals surface area contributed by atoms with E-state index in [2.05, 4.69) is 11.1 Å². The number of rotatable bonds is 12. The minimum atomic E-state index is -4.48. The fourth-order valence-electron chi connectivity index (χ4n) is 1.75. The van der Waals surface area contributed by atoms with Gasteiger partial charge in [0.25, 0.3) is 0 Å². The molecule has 12 heteroatoms. The first kappa shape index (κ1) is 37.3. The Kier molecular flexibility index (Phi) is 43.0. The Bertz CT molecular complexity index is 342. The molecule has 0 spiro atoms. The molecule has 128 valence electrons. The van der Waals surface area contributed by atoms with E-state index < -0.39 is 19.6 Å². The van der Waals surface area contributed by atoms with Crippen molar-refractivity contribution in [2.24, 2.45) is 0 Å². The van der Waals surface area contributed by atoms with Gasteiger partial charge in [-0.2, -0.15) is 0 Å². The van der Waals surface area contributed by atoms with Gasteiger partial charge in [0.1, 0.15) is 0 Å². The van der Waals surface area contributed by atoms with Crippen molar-refractivity contribution in [2.45, 2.75) is 71.1 Å². The van der Waals surface area contributed by atoms with E-state index in [4.69, 9.17) is 14.1 Å². The summed E-state index contributed by atoms with van der Waals surface area (Å²) >= 11 is 0. The van der Waals surface area contributed by atoms with Gasteiger partial charge in [-0.05, 0) is 6.42 Å². The summed E-state index contributed by atoms with van der Waals surface area (Å²) in [5.41, 5.74) is 0. The summed E-state index contributed by atoms with van der Waals surface area (Å²) in [5.74, 6) is 0. The molecule has 0 unspecified atom stereocenters. The van der Waals surface area contributed by atoms with Crippen LogP contribution in [0, 0.1) is 0 Å². The number of unbranched alkanes of at least 4 members (excludes halogenated alkanes) is 9. The van der Waals surface area contributed by atoms with Crippen LogP contribution in [0.15, 0.2) is 0 Å². The smallest absolute Gasteiger partial charge is 0.726 e. The van der Waals surface area contributed by atoms with Gasteiger partial charge in [0.2, 0.25) is 10.4 Å². The monoisotopic (exact) mass is 410 g/mol. The molecule has 0 N–H and O–H groups in total. The second-order valence-corrected chi connectivity index (χ2v) is 6.21. The maximum Gasteiger partial charge on any atom is 1.00 e. The summed E-state index contributed by atoms with van der Waals surface area (Å²) < 4.78 is 43.0. The third-order valence-electron chi connectivity index (χ3n) is 2.73. The molecule has 0 aromatic rings. The standard InChI is InChI=1S/C12H26O4S.3Na.O3Si/c1-2-3-4-5-6-7-8-9-10-11-12-16-17(13,14)15;;;;1-4(2)3/h2-12H2,1H3,(H,13,14,15);;;;/q;3*+1;-2/p-1. The van der Waals surface area contributed by atoms with Crippen LogP contribution in [0.1, 0.15) is 71.1 Å². The van der Waals surface area contributed by atoms with Crippen molar-refractivity contribution in [3.63, 3.8) is 0 Å². The summed E-state index contributed by atoms with van der Waals surface area (Å²) in [6.07, 6.45) is 11.7. The molecule has 7 nitrogen and oxygen atoms in total. The van der Waals surface area contributed by atoms with E-state index in [9.17, 15) is 13.0 Å². The molecule has 0 aliphatic rings. The van der Waals surface area contributed by atoms with Crippen molar-refractivity contribution >= 4 is 19.6 Å². The van der Waals surface area contributed by atoms with Gasteiger partial charge >= 0.3 is 88.7 Å². The van der Waals surface area contributed by atoms with Gasteiger partial charge in [0.05, 0.1) is 6.61 Å². The van der Waals surface area contributed by atoms with Crippen LogP contribution in [0.3, 0.4) is 0 Å². The zero-order valence-corrected chi connectivity index (χ0v) is 23.4. The van der Waals surface area contributed by atoms with Crippen LogP contribution < -0.4 is 98.3 Å². The van der Waals surface area contributed by atoms with Gasteiger partial charge in [-0.3, -0.25) is 4.18 Å². The summed E-state index contributed by atoms with van der Waals surface area (Å²) in [6, 6.07) is 0. The van der Waals surface area contributed by atoms with E-state index in [0.29, 0.717) is 6.42 Å². The average molecular weight is 410 g/mol. The molecular formula is C12H25Na3O7SSi. The molecule has 0 rings (SSSR count). The van der Waals surface area contributed by atoms with Gasteiger partial charge in [-0.25, -0.2) is 8.42 Å². The largest absolute Gasteiger partial charge is 1.00 e. The first-order valence-corrected chi connectivity index (χ1v) is 9.83. The van der Waals surface area contributed by atoms with Crippen LogP contribution in [0.5, 0.6) is 0 Å². The quantitative estimate of drug-likeness (QED) is 0.135. The van der Waals surface area contributed by atoms with Gasteiger partial charge in [0, 0.05) is 9.17 Å². The summed E-state index contributed by atoms with van der Waals surface area (Å²) in [5, 5.41) is 0. The second-order valence-electron chi connectivity index (χ2n) is 4.66. The van der Waals surface area contributed by atoms with Crippen molar-refractivity contribution in [1.82, 2.24) is 0 Å². The van der Waals surface area contributed by atoms with Gasteiger partial charge in [0.15, 0.2) is 0 Å². The van der Waals surface area contributed by atoms with Crippen LogP contribution in [0.25, 0.3) is 0 Å². The summed E-state index contributed by atoms with van der Waals surface area (Å²) in [4.78, 5) is 17.0. The Labute approximate surface area is 214 Å². The molecule has 0 atom stereocenters. The third kappa shape index (κ3) is 49.7. The van der Waals surface area contributed by atoms with Crippen LogP contribution in [-0.2, 0) is 19.0 Å². The average Bonchev–Trinajstić information content (AvgIpc) is 2.34. The Morgan fingerprint density at radius 1 is 0.792 bits per heavy atom. The molecule has 0 heterocycles. The Balaban J connectivity index is -0.000000154. The van der Waals surface area contributed by atoms with Crippen molar-refractivity contribution in [3.8, 4) is 0 Å². The third-order valence-corrected chi connectivity index (χ3v) is 3.18. The first-order chi connectivity index (χ1) is 9.79. The van der Waals surface area contributed by atoms with E-state index in [1.165, 1.54) is 44.9 Å². The molecule has 0 aliphatic heterocycles. The fourth-order valence-corrected chi connectivity index (χ4v) is 2.07. The van der Waals surface area contributed by atoms with Crippen LogP contribution >= 0.6 is 0 Å². The van der Waals surface area contributed by atoms with E-state index in [1.807, 2.05) is 0 Å². The van der Waals surface area contributed by atoms with Gasteiger partial charge in [-0.1, -0.05) is 64.7 Å². The zero-order valence-electron chi connectivity index (χ0n) is 15.5. The second kappa shape index (κ2) is 27.7. The Morgan fingerprint density at radius 3 is 1.38 bits per heavy atom. The molecule has 0 bridgehead atoms. The molecule has 0 aromatic carbocycles. The maximum absolute atomic E-state index is 10.1. The van der Waals surface area contributed by atoms with Crippen molar-refractivity contribution in [2.75, 3.05) is 6.61 Å². The van der Waals surface area contributed by atoms with E-state index in [0.717, 1.165) is 12.8 Å². The van der Waals surface area contributed by atoms with Crippen LogP contribution in [-0.4, -0.2) is 28.7 Å². The minimum Gasteiger partial charge on any atom is -0.726 e.